The molecule has 0 aliphatic carbocycles. The Bertz CT molecular complexity index is 1020. The van der Waals surface area contributed by atoms with E-state index in [1.807, 2.05) is 37.3 Å². The number of benzene rings is 2. The molecule has 0 fully saturated rings. The molecule has 0 atom stereocenters. The van der Waals surface area contributed by atoms with Crippen LogP contribution in [0.4, 0.5) is 0 Å². The summed E-state index contributed by atoms with van der Waals surface area (Å²) >= 11 is 0. The fraction of sp³-hybridized carbons (Fsp3) is 0.552. The summed E-state index contributed by atoms with van der Waals surface area (Å²) in [6, 6.07) is 15.6. The Hall–Kier alpha value is -2.46. The fourth-order valence-electron chi connectivity index (χ4n) is 2.96. The minimum atomic E-state index is -4.02. The third-order valence-electron chi connectivity index (χ3n) is 5.13. The molecule has 42 heavy (non-hydrogen) atoms. The lowest BCUT2D eigenvalue weighted by atomic mass is 10.2. The van der Waals surface area contributed by atoms with Gasteiger partial charge in [-0.15, -0.1) is 0 Å². The van der Waals surface area contributed by atoms with Gasteiger partial charge < -0.3 is 38.9 Å². The molecule has 12 nitrogen and oxygen atoms in total. The Morgan fingerprint density at radius 2 is 1.10 bits per heavy atom. The average Bonchev–Trinajstić information content (AvgIpc) is 2.98. The van der Waals surface area contributed by atoms with Crippen molar-refractivity contribution in [1.29, 1.82) is 0 Å². The second kappa shape index (κ2) is 25.1. The Labute approximate surface area is 249 Å². The van der Waals surface area contributed by atoms with Crippen LogP contribution in [0.25, 0.3) is 0 Å². The van der Waals surface area contributed by atoms with E-state index in [2.05, 4.69) is 0 Å². The van der Waals surface area contributed by atoms with Gasteiger partial charge >= 0.3 is 5.97 Å². The summed E-state index contributed by atoms with van der Waals surface area (Å²) in [7, 11) is -4.02. The third kappa shape index (κ3) is 22.2. The molecule has 0 aliphatic heterocycles. The highest BCUT2D eigenvalue weighted by molar-refractivity contribution is 7.85. The van der Waals surface area contributed by atoms with E-state index >= 15 is 0 Å². The Morgan fingerprint density at radius 1 is 0.667 bits per heavy atom. The van der Waals surface area contributed by atoms with Crippen molar-refractivity contribution in [2.24, 2.45) is 5.73 Å². The van der Waals surface area contributed by atoms with Crippen LogP contribution in [0.3, 0.4) is 0 Å². The first-order chi connectivity index (χ1) is 20.3. The Balaban J connectivity index is 0.000000666. The van der Waals surface area contributed by atoms with Crippen LogP contribution in [-0.4, -0.2) is 105 Å². The van der Waals surface area contributed by atoms with E-state index in [0.717, 1.165) is 11.1 Å². The molecule has 13 heteroatoms. The zero-order valence-electron chi connectivity index (χ0n) is 24.3. The van der Waals surface area contributed by atoms with Crippen LogP contribution in [0.2, 0.25) is 0 Å². The highest BCUT2D eigenvalue weighted by atomic mass is 32.2. The Morgan fingerprint density at radius 3 is 1.52 bits per heavy atom. The van der Waals surface area contributed by atoms with Crippen molar-refractivity contribution in [3.05, 3.63) is 65.7 Å². The van der Waals surface area contributed by atoms with Gasteiger partial charge in [-0.25, -0.2) is 0 Å². The number of hydrogen-bond donors (Lipinski definition) is 2. The molecule has 0 spiro atoms. The summed E-state index contributed by atoms with van der Waals surface area (Å²) < 4.78 is 66.8. The monoisotopic (exact) mass is 615 g/mol. The van der Waals surface area contributed by atoms with E-state index in [1.165, 1.54) is 12.1 Å². The molecule has 0 saturated heterocycles. The zero-order valence-corrected chi connectivity index (χ0v) is 25.1. The topological polar surface area (TPSA) is 162 Å². The van der Waals surface area contributed by atoms with Gasteiger partial charge in [0.15, 0.2) is 0 Å². The lowest BCUT2D eigenvalue weighted by Gasteiger charge is -2.08. The van der Waals surface area contributed by atoms with Crippen molar-refractivity contribution in [2.45, 2.75) is 24.8 Å². The first kappa shape index (κ1) is 37.6. The lowest BCUT2D eigenvalue weighted by molar-refractivity contribution is -0.146. The quantitative estimate of drug-likeness (QED) is 0.107. The van der Waals surface area contributed by atoms with Gasteiger partial charge in [0.25, 0.3) is 10.1 Å². The molecule has 238 valence electrons. The first-order valence-corrected chi connectivity index (χ1v) is 15.2. The highest BCUT2D eigenvalue weighted by Crippen LogP contribution is 2.08. The first-order valence-electron chi connectivity index (χ1n) is 13.7. The predicted molar refractivity (Wildman–Crippen MR) is 156 cm³/mol. The van der Waals surface area contributed by atoms with Crippen molar-refractivity contribution in [2.75, 3.05) is 85.8 Å². The number of hydrogen-bond acceptors (Lipinski definition) is 11. The molecule has 0 bridgehead atoms. The number of nitrogens with two attached hydrogens (primary N) is 1. The molecule has 0 aromatic heterocycles. The van der Waals surface area contributed by atoms with Crippen molar-refractivity contribution in [1.82, 2.24) is 0 Å². The molecular formula is C29H45NO11S. The van der Waals surface area contributed by atoms with E-state index in [4.69, 9.17) is 43.4 Å². The number of carbonyl (C=O) groups is 1. The molecule has 0 heterocycles. The lowest BCUT2D eigenvalue weighted by Crippen LogP contribution is -2.15. The SMILES string of the molecule is Cc1ccc(S(=O)(=O)O)cc1.NCCOCCOCCOCCOCCOCCOCCC(=O)OCc1ccccc1. The Kier molecular flexibility index (Phi) is 22.4. The largest absolute Gasteiger partial charge is 0.461 e. The van der Waals surface area contributed by atoms with Crippen LogP contribution in [0, 0.1) is 6.92 Å². The van der Waals surface area contributed by atoms with Crippen molar-refractivity contribution >= 4 is 16.1 Å². The van der Waals surface area contributed by atoms with E-state index < -0.39 is 10.1 Å². The molecule has 0 radical (unpaired) electrons. The minimum Gasteiger partial charge on any atom is -0.461 e. The van der Waals surface area contributed by atoms with Crippen LogP contribution < -0.4 is 5.73 Å². The molecule has 0 saturated carbocycles. The molecule has 2 rings (SSSR count). The minimum absolute atomic E-state index is 0.0666. The molecule has 2 aromatic carbocycles. The second-order valence-corrected chi connectivity index (χ2v) is 10.1. The van der Waals surface area contributed by atoms with Gasteiger partial charge in [0, 0.05) is 6.54 Å². The average molecular weight is 616 g/mol. The summed E-state index contributed by atoms with van der Waals surface area (Å²) in [5, 5.41) is 0. The smallest absolute Gasteiger partial charge is 0.308 e. The van der Waals surface area contributed by atoms with Crippen LogP contribution in [0.15, 0.2) is 59.5 Å². The number of esters is 1. The summed E-state index contributed by atoms with van der Waals surface area (Å²) in [6.45, 7) is 8.52. The van der Waals surface area contributed by atoms with Gasteiger partial charge in [-0.1, -0.05) is 48.0 Å². The van der Waals surface area contributed by atoms with Gasteiger partial charge in [-0.05, 0) is 24.6 Å². The second-order valence-electron chi connectivity index (χ2n) is 8.65. The van der Waals surface area contributed by atoms with Crippen LogP contribution in [-0.2, 0) is 54.7 Å². The maximum Gasteiger partial charge on any atom is 0.308 e. The molecule has 0 amide bonds. The van der Waals surface area contributed by atoms with Crippen molar-refractivity contribution in [3.63, 3.8) is 0 Å². The molecule has 0 aliphatic rings. The zero-order chi connectivity index (χ0) is 30.7. The maximum atomic E-state index is 11.6. The van der Waals surface area contributed by atoms with Crippen LogP contribution in [0.5, 0.6) is 0 Å². The van der Waals surface area contributed by atoms with Gasteiger partial charge in [-0.2, -0.15) is 8.42 Å². The summed E-state index contributed by atoms with van der Waals surface area (Å²) in [4.78, 5) is 11.6. The molecule has 3 N–H and O–H groups in total. The number of carbonyl (C=O) groups excluding carboxylic acids is 1. The van der Waals surface area contributed by atoms with Gasteiger partial charge in [0.1, 0.15) is 6.61 Å². The van der Waals surface area contributed by atoms with E-state index in [0.29, 0.717) is 85.8 Å². The standard InChI is InChI=1S/C22H37NO8.C7H8O3S/c23-7-9-26-11-13-28-15-17-30-19-18-29-16-14-27-12-10-25-8-6-22(24)31-20-21-4-2-1-3-5-21;1-6-2-4-7(5-3-6)11(8,9)10/h1-5H,6-20,23H2;2-5H,1H3,(H,8,9,10). The fourth-order valence-corrected chi connectivity index (χ4v) is 3.44. The highest BCUT2D eigenvalue weighted by Gasteiger charge is 2.07. The molecule has 2 aromatic rings. The van der Waals surface area contributed by atoms with Crippen molar-refractivity contribution in [3.8, 4) is 0 Å². The number of ether oxygens (including phenoxy) is 7. The van der Waals surface area contributed by atoms with E-state index in [9.17, 15) is 13.2 Å². The summed E-state index contributed by atoms with van der Waals surface area (Å²) in [6.07, 6.45) is 0.225. The third-order valence-corrected chi connectivity index (χ3v) is 6.00. The normalized spacial score (nSPS) is 11.1. The van der Waals surface area contributed by atoms with Gasteiger partial charge in [0.05, 0.1) is 90.6 Å². The van der Waals surface area contributed by atoms with E-state index in [1.54, 1.807) is 12.1 Å². The van der Waals surface area contributed by atoms with Gasteiger partial charge in [0.2, 0.25) is 0 Å². The van der Waals surface area contributed by atoms with Crippen molar-refractivity contribution < 1.29 is 50.9 Å². The molecular weight excluding hydrogens is 570 g/mol. The predicted octanol–water partition coefficient (Wildman–Crippen LogP) is 2.42. The number of aryl methyl sites for hydroxylation is 1. The molecule has 0 unspecified atom stereocenters. The number of rotatable bonds is 23. The maximum absolute atomic E-state index is 11.6. The summed E-state index contributed by atoms with van der Waals surface area (Å²) in [5.74, 6) is -0.275. The summed E-state index contributed by atoms with van der Waals surface area (Å²) in [5.41, 5.74) is 7.23. The van der Waals surface area contributed by atoms with Gasteiger partial charge in [-0.3, -0.25) is 9.35 Å². The van der Waals surface area contributed by atoms with E-state index in [-0.39, 0.29) is 23.9 Å². The van der Waals surface area contributed by atoms with Crippen LogP contribution >= 0.6 is 0 Å². The van der Waals surface area contributed by atoms with Crippen LogP contribution in [0.1, 0.15) is 17.5 Å².